The third-order valence-electron chi connectivity index (χ3n) is 0.814. The minimum Gasteiger partial charge on any atom is -0.502 e. The highest BCUT2D eigenvalue weighted by atomic mass is 16.5. The van der Waals surface area contributed by atoms with E-state index >= 15 is 0 Å². The molecule has 0 amide bonds. The van der Waals surface area contributed by atoms with Gasteiger partial charge < -0.3 is 4.74 Å². The molecule has 0 radical (unpaired) electrons. The van der Waals surface area contributed by atoms with Gasteiger partial charge in [-0.15, -0.1) is 0 Å². The molecule has 42 valence electrons. The van der Waals surface area contributed by atoms with Crippen LogP contribution in [-0.2, 0) is 4.74 Å². The van der Waals surface area contributed by atoms with Crippen molar-refractivity contribution in [3.05, 3.63) is 11.8 Å². The number of ether oxygens (including phenoxy) is 1. The second-order valence-electron chi connectivity index (χ2n) is 1.43. The van der Waals surface area contributed by atoms with Crippen molar-refractivity contribution >= 4 is 0 Å². The van der Waals surface area contributed by atoms with E-state index in [9.17, 15) is 0 Å². The lowest BCUT2D eigenvalue weighted by Gasteiger charge is -1.93. The Morgan fingerprint density at radius 3 is 2.43 bits per heavy atom. The molecule has 0 unspecified atom stereocenters. The molecule has 0 bridgehead atoms. The minimum atomic E-state index is 1.00. The highest BCUT2D eigenvalue weighted by Crippen LogP contribution is 1.92. The summed E-state index contributed by atoms with van der Waals surface area (Å²) in [7, 11) is 1.68. The molecule has 0 aliphatic rings. The molecule has 0 saturated carbocycles. The Labute approximate surface area is 45.0 Å². The van der Waals surface area contributed by atoms with Gasteiger partial charge in [-0.25, -0.2) is 0 Å². The quantitative estimate of drug-likeness (QED) is 0.482. The Hall–Kier alpha value is -0.460. The first-order valence-electron chi connectivity index (χ1n) is 2.52. The molecule has 1 nitrogen and oxygen atoms in total. The van der Waals surface area contributed by atoms with Crippen LogP contribution in [0.2, 0.25) is 0 Å². The van der Waals surface area contributed by atoms with Gasteiger partial charge in [-0.05, 0) is 19.4 Å². The second kappa shape index (κ2) is 3.72. The molecule has 0 atom stereocenters. The standard InChI is InChI=1S/C6H12O/c1-4-5-6(2)7-3/h5H,4H2,1-3H3/b6-5+. The highest BCUT2D eigenvalue weighted by Gasteiger charge is 1.76. The second-order valence-corrected chi connectivity index (χ2v) is 1.43. The molecular formula is C6H12O. The van der Waals surface area contributed by atoms with Crippen molar-refractivity contribution in [1.29, 1.82) is 0 Å². The Morgan fingerprint density at radius 2 is 2.29 bits per heavy atom. The SMILES string of the molecule is CC/C=C(\C)OC. The Kier molecular flexibility index (Phi) is 3.48. The first kappa shape index (κ1) is 6.54. The fraction of sp³-hybridized carbons (Fsp3) is 0.667. The lowest BCUT2D eigenvalue weighted by molar-refractivity contribution is 0.292. The molecule has 0 spiro atoms. The number of hydrogen-bond acceptors (Lipinski definition) is 1. The van der Waals surface area contributed by atoms with Gasteiger partial charge in [0.05, 0.1) is 12.9 Å². The smallest absolute Gasteiger partial charge is 0.0884 e. The van der Waals surface area contributed by atoms with E-state index in [0.29, 0.717) is 0 Å². The van der Waals surface area contributed by atoms with E-state index < -0.39 is 0 Å². The monoisotopic (exact) mass is 100 g/mol. The van der Waals surface area contributed by atoms with Crippen molar-refractivity contribution in [3.63, 3.8) is 0 Å². The van der Waals surface area contributed by atoms with E-state index in [1.807, 2.05) is 13.0 Å². The van der Waals surface area contributed by atoms with Gasteiger partial charge in [0.25, 0.3) is 0 Å². The van der Waals surface area contributed by atoms with Crippen LogP contribution < -0.4 is 0 Å². The summed E-state index contributed by atoms with van der Waals surface area (Å²) in [5.74, 6) is 1.00. The summed E-state index contributed by atoms with van der Waals surface area (Å²) in [5, 5.41) is 0. The van der Waals surface area contributed by atoms with Crippen LogP contribution in [0.1, 0.15) is 20.3 Å². The summed E-state index contributed by atoms with van der Waals surface area (Å²) in [6.07, 6.45) is 3.10. The van der Waals surface area contributed by atoms with Crippen LogP contribution in [0.15, 0.2) is 11.8 Å². The maximum Gasteiger partial charge on any atom is 0.0884 e. The van der Waals surface area contributed by atoms with Crippen LogP contribution in [0.3, 0.4) is 0 Å². The van der Waals surface area contributed by atoms with Gasteiger partial charge >= 0.3 is 0 Å². The summed E-state index contributed by atoms with van der Waals surface area (Å²) >= 11 is 0. The molecule has 0 rings (SSSR count). The Bertz CT molecular complexity index is 64.6. The van der Waals surface area contributed by atoms with E-state index in [0.717, 1.165) is 12.2 Å². The van der Waals surface area contributed by atoms with Gasteiger partial charge in [0.1, 0.15) is 0 Å². The Morgan fingerprint density at radius 1 is 1.71 bits per heavy atom. The number of hydrogen-bond donors (Lipinski definition) is 0. The summed E-state index contributed by atoms with van der Waals surface area (Å²) in [6.45, 7) is 4.03. The van der Waals surface area contributed by atoms with E-state index in [1.54, 1.807) is 7.11 Å². The molecule has 0 aliphatic carbocycles. The van der Waals surface area contributed by atoms with Gasteiger partial charge in [0.15, 0.2) is 0 Å². The van der Waals surface area contributed by atoms with E-state index in [2.05, 4.69) is 6.92 Å². The average Bonchev–Trinajstić information content (AvgIpc) is 1.68. The molecule has 0 aromatic heterocycles. The van der Waals surface area contributed by atoms with Crippen LogP contribution in [0.5, 0.6) is 0 Å². The zero-order valence-electron chi connectivity index (χ0n) is 5.19. The van der Waals surface area contributed by atoms with Crippen molar-refractivity contribution in [2.24, 2.45) is 0 Å². The third kappa shape index (κ3) is 3.37. The van der Waals surface area contributed by atoms with Gasteiger partial charge in [0, 0.05) is 0 Å². The molecule has 0 fully saturated rings. The van der Waals surface area contributed by atoms with Crippen LogP contribution in [0.4, 0.5) is 0 Å². The molecule has 0 N–H and O–H groups in total. The third-order valence-corrected chi connectivity index (χ3v) is 0.814. The molecule has 0 aromatic carbocycles. The molecule has 0 saturated heterocycles. The van der Waals surface area contributed by atoms with Crippen molar-refractivity contribution in [2.45, 2.75) is 20.3 Å². The van der Waals surface area contributed by atoms with E-state index in [1.165, 1.54) is 0 Å². The van der Waals surface area contributed by atoms with Gasteiger partial charge in [0.2, 0.25) is 0 Å². The van der Waals surface area contributed by atoms with Gasteiger partial charge in [-0.2, -0.15) is 0 Å². The van der Waals surface area contributed by atoms with Gasteiger partial charge in [-0.1, -0.05) is 6.92 Å². The zero-order valence-corrected chi connectivity index (χ0v) is 5.19. The van der Waals surface area contributed by atoms with Crippen molar-refractivity contribution in [3.8, 4) is 0 Å². The van der Waals surface area contributed by atoms with Crippen molar-refractivity contribution in [2.75, 3.05) is 7.11 Å². The maximum absolute atomic E-state index is 4.85. The van der Waals surface area contributed by atoms with Gasteiger partial charge in [-0.3, -0.25) is 0 Å². The normalized spacial score (nSPS) is 11.6. The molecule has 0 aliphatic heterocycles. The average molecular weight is 100 g/mol. The predicted molar refractivity (Wildman–Crippen MR) is 31.1 cm³/mol. The van der Waals surface area contributed by atoms with Crippen molar-refractivity contribution < 1.29 is 4.74 Å². The lowest BCUT2D eigenvalue weighted by atomic mass is 10.4. The van der Waals surface area contributed by atoms with E-state index in [4.69, 9.17) is 4.74 Å². The number of allylic oxidation sites excluding steroid dienone is 2. The van der Waals surface area contributed by atoms with Crippen LogP contribution in [-0.4, -0.2) is 7.11 Å². The fourth-order valence-electron chi connectivity index (χ4n) is 0.371. The van der Waals surface area contributed by atoms with E-state index in [-0.39, 0.29) is 0 Å². The highest BCUT2D eigenvalue weighted by molar-refractivity contribution is 4.85. The molecular weight excluding hydrogens is 88.1 g/mol. The maximum atomic E-state index is 4.85. The first-order valence-corrected chi connectivity index (χ1v) is 2.52. The van der Waals surface area contributed by atoms with Crippen LogP contribution in [0, 0.1) is 0 Å². The molecule has 0 aromatic rings. The largest absolute Gasteiger partial charge is 0.502 e. The van der Waals surface area contributed by atoms with Crippen LogP contribution in [0.25, 0.3) is 0 Å². The number of rotatable bonds is 2. The molecule has 7 heavy (non-hydrogen) atoms. The summed E-state index contributed by atoms with van der Waals surface area (Å²) in [4.78, 5) is 0. The Balaban J connectivity index is 3.29. The first-order chi connectivity index (χ1) is 3.31. The zero-order chi connectivity index (χ0) is 5.70. The molecule has 1 heteroatoms. The number of methoxy groups -OCH3 is 1. The summed E-state index contributed by atoms with van der Waals surface area (Å²) < 4.78 is 4.85. The summed E-state index contributed by atoms with van der Waals surface area (Å²) in [6, 6.07) is 0. The fourth-order valence-corrected chi connectivity index (χ4v) is 0.371. The molecule has 0 heterocycles. The topological polar surface area (TPSA) is 9.23 Å². The lowest BCUT2D eigenvalue weighted by Crippen LogP contribution is -1.75. The van der Waals surface area contributed by atoms with Crippen molar-refractivity contribution in [1.82, 2.24) is 0 Å². The predicted octanol–water partition coefficient (Wildman–Crippen LogP) is 1.95. The minimum absolute atomic E-state index is 1.00. The van der Waals surface area contributed by atoms with Crippen LogP contribution >= 0.6 is 0 Å². The summed E-state index contributed by atoms with van der Waals surface area (Å²) in [5.41, 5.74) is 0.